The molecule has 1 saturated carbocycles. The van der Waals surface area contributed by atoms with E-state index in [2.05, 4.69) is 10.2 Å². The maximum absolute atomic E-state index is 13.0. The van der Waals surface area contributed by atoms with Crippen molar-refractivity contribution in [1.29, 1.82) is 0 Å². The molecular formula is C24H29N3O5S. The minimum atomic E-state index is -3.43. The molecule has 3 N–H and O–H groups in total. The summed E-state index contributed by atoms with van der Waals surface area (Å²) in [5, 5.41) is 11.8. The third-order valence-electron chi connectivity index (χ3n) is 6.66. The highest BCUT2D eigenvalue weighted by atomic mass is 32.2. The van der Waals surface area contributed by atoms with Crippen LogP contribution in [0.25, 0.3) is 0 Å². The molecule has 4 rings (SSSR count). The number of nitrogens with one attached hydrogen (secondary N) is 2. The van der Waals surface area contributed by atoms with Crippen LogP contribution in [0, 0.1) is 5.92 Å². The van der Waals surface area contributed by atoms with E-state index >= 15 is 0 Å². The van der Waals surface area contributed by atoms with Gasteiger partial charge in [0.15, 0.2) is 9.84 Å². The van der Waals surface area contributed by atoms with Crippen molar-refractivity contribution in [2.75, 3.05) is 11.4 Å². The van der Waals surface area contributed by atoms with Crippen LogP contribution in [-0.2, 0) is 21.2 Å². The van der Waals surface area contributed by atoms with Gasteiger partial charge in [-0.05, 0) is 56.5 Å². The maximum atomic E-state index is 13.0. The van der Waals surface area contributed by atoms with Crippen LogP contribution in [0.2, 0.25) is 0 Å². The molecule has 2 atom stereocenters. The lowest BCUT2D eigenvalue weighted by Crippen LogP contribution is -2.48. The number of hydroxylamine groups is 1. The van der Waals surface area contributed by atoms with E-state index in [1.54, 1.807) is 43.6 Å². The molecule has 0 saturated heterocycles. The average molecular weight is 472 g/mol. The summed E-state index contributed by atoms with van der Waals surface area (Å²) in [6.07, 6.45) is 2.12. The van der Waals surface area contributed by atoms with E-state index in [1.165, 1.54) is 0 Å². The number of amides is 2. The van der Waals surface area contributed by atoms with Gasteiger partial charge in [0.05, 0.1) is 21.2 Å². The number of carbonyl (C=O) groups excluding carboxylic acids is 2. The van der Waals surface area contributed by atoms with E-state index in [0.29, 0.717) is 42.1 Å². The molecule has 176 valence electrons. The Hall–Kier alpha value is -2.91. The van der Waals surface area contributed by atoms with Crippen LogP contribution in [0.15, 0.2) is 53.4 Å². The Morgan fingerprint density at radius 3 is 2.48 bits per heavy atom. The zero-order valence-electron chi connectivity index (χ0n) is 18.7. The second-order valence-corrected chi connectivity index (χ2v) is 11.9. The Labute approximate surface area is 193 Å². The van der Waals surface area contributed by atoms with E-state index in [4.69, 9.17) is 5.21 Å². The predicted molar refractivity (Wildman–Crippen MR) is 124 cm³/mol. The molecule has 0 unspecified atom stereocenters. The molecule has 9 heteroatoms. The summed E-state index contributed by atoms with van der Waals surface area (Å²) in [6, 6.07) is 13.9. The molecule has 0 radical (unpaired) electrons. The monoisotopic (exact) mass is 471 g/mol. The quantitative estimate of drug-likeness (QED) is 0.456. The summed E-state index contributed by atoms with van der Waals surface area (Å²) < 4.78 is 25.0. The second kappa shape index (κ2) is 8.79. The van der Waals surface area contributed by atoms with Crippen LogP contribution >= 0.6 is 0 Å². The van der Waals surface area contributed by atoms with Crippen molar-refractivity contribution in [2.45, 2.75) is 55.3 Å². The lowest BCUT2D eigenvalue weighted by Gasteiger charge is -2.40. The van der Waals surface area contributed by atoms with E-state index < -0.39 is 26.4 Å². The van der Waals surface area contributed by atoms with Crippen molar-refractivity contribution in [3.8, 4) is 0 Å². The van der Waals surface area contributed by atoms with Gasteiger partial charge in [-0.1, -0.05) is 30.7 Å². The fourth-order valence-electron chi connectivity index (χ4n) is 4.78. The molecule has 2 amide bonds. The SMILES string of the molecule is CC1(C)CN(Cc2ccc(C(=O)N[C@H]3CCC[C@H]3C(=O)NO)cc2)c2ccccc2S1(=O)=O. The highest BCUT2D eigenvalue weighted by Crippen LogP contribution is 2.39. The summed E-state index contributed by atoms with van der Waals surface area (Å²) in [5.74, 6) is -1.17. The number of hydrogen-bond donors (Lipinski definition) is 3. The van der Waals surface area contributed by atoms with Crippen molar-refractivity contribution in [3.05, 3.63) is 59.7 Å². The Kier molecular flexibility index (Phi) is 6.20. The van der Waals surface area contributed by atoms with Crippen LogP contribution in [0.5, 0.6) is 0 Å². The highest BCUT2D eigenvalue weighted by Gasteiger charge is 2.43. The van der Waals surface area contributed by atoms with Crippen LogP contribution in [0.4, 0.5) is 5.69 Å². The second-order valence-electron chi connectivity index (χ2n) is 9.38. The third-order valence-corrected chi connectivity index (χ3v) is 9.17. The van der Waals surface area contributed by atoms with Gasteiger partial charge in [0.25, 0.3) is 5.91 Å². The van der Waals surface area contributed by atoms with Gasteiger partial charge in [-0.3, -0.25) is 14.8 Å². The molecule has 0 bridgehead atoms. The lowest BCUT2D eigenvalue weighted by molar-refractivity contribution is -0.133. The van der Waals surface area contributed by atoms with E-state index in [0.717, 1.165) is 12.0 Å². The molecule has 0 aromatic heterocycles. The molecule has 33 heavy (non-hydrogen) atoms. The standard InChI is InChI=1S/C24H29N3O5S/c1-24(2)15-27(20-8-3-4-9-21(20)33(24,31)32)14-16-10-12-17(13-11-16)22(28)25-19-7-5-6-18(19)23(29)26-30/h3-4,8-13,18-19,30H,5-7,14-15H2,1-2H3,(H,25,28)(H,26,29)/t18-,19+/m1/s1. The zero-order valence-corrected chi connectivity index (χ0v) is 19.6. The van der Waals surface area contributed by atoms with Crippen molar-refractivity contribution in [3.63, 3.8) is 0 Å². The molecular weight excluding hydrogens is 442 g/mol. The van der Waals surface area contributed by atoms with Crippen molar-refractivity contribution >= 4 is 27.3 Å². The highest BCUT2D eigenvalue weighted by molar-refractivity contribution is 7.93. The fourth-order valence-corrected chi connectivity index (χ4v) is 6.43. The van der Waals surface area contributed by atoms with Gasteiger partial charge in [0.2, 0.25) is 5.91 Å². The lowest BCUT2D eigenvalue weighted by atomic mass is 10.0. The topological polar surface area (TPSA) is 116 Å². The van der Waals surface area contributed by atoms with Gasteiger partial charge in [0.1, 0.15) is 0 Å². The van der Waals surface area contributed by atoms with Crippen molar-refractivity contribution < 1.29 is 23.2 Å². The van der Waals surface area contributed by atoms with Gasteiger partial charge < -0.3 is 10.2 Å². The first-order chi connectivity index (χ1) is 15.6. The minimum absolute atomic E-state index is 0.264. The van der Waals surface area contributed by atoms with Gasteiger partial charge in [-0.25, -0.2) is 13.9 Å². The molecule has 8 nitrogen and oxygen atoms in total. The predicted octanol–water partition coefficient (Wildman–Crippen LogP) is 2.66. The largest absolute Gasteiger partial charge is 0.365 e. The third kappa shape index (κ3) is 4.35. The molecule has 2 aliphatic rings. The Balaban J connectivity index is 1.48. The first-order valence-corrected chi connectivity index (χ1v) is 12.5. The van der Waals surface area contributed by atoms with E-state index in [-0.39, 0.29) is 11.9 Å². The Morgan fingerprint density at radius 2 is 1.79 bits per heavy atom. The summed E-state index contributed by atoms with van der Waals surface area (Å²) in [6.45, 7) is 4.36. The Bertz CT molecular complexity index is 1160. The van der Waals surface area contributed by atoms with Gasteiger partial charge in [-0.2, -0.15) is 0 Å². The van der Waals surface area contributed by atoms with E-state index in [9.17, 15) is 18.0 Å². The molecule has 2 aromatic carbocycles. The maximum Gasteiger partial charge on any atom is 0.251 e. The normalized spacial score (nSPS) is 22.9. The van der Waals surface area contributed by atoms with Crippen LogP contribution < -0.4 is 15.7 Å². The number of benzene rings is 2. The fraction of sp³-hybridized carbons (Fsp3) is 0.417. The van der Waals surface area contributed by atoms with Crippen LogP contribution in [0.1, 0.15) is 49.0 Å². The summed E-state index contributed by atoms with van der Waals surface area (Å²) in [7, 11) is -3.43. The van der Waals surface area contributed by atoms with Crippen molar-refractivity contribution in [1.82, 2.24) is 10.8 Å². The van der Waals surface area contributed by atoms with Crippen molar-refractivity contribution in [2.24, 2.45) is 5.92 Å². The number of rotatable bonds is 5. The Morgan fingerprint density at radius 1 is 1.09 bits per heavy atom. The minimum Gasteiger partial charge on any atom is -0.365 e. The smallest absolute Gasteiger partial charge is 0.251 e. The number of carbonyl (C=O) groups is 2. The molecule has 0 spiro atoms. The average Bonchev–Trinajstić information content (AvgIpc) is 3.25. The summed E-state index contributed by atoms with van der Waals surface area (Å²) in [5.41, 5.74) is 3.81. The number of sulfone groups is 1. The summed E-state index contributed by atoms with van der Waals surface area (Å²) >= 11 is 0. The van der Waals surface area contributed by atoms with Gasteiger partial charge in [0, 0.05) is 24.7 Å². The van der Waals surface area contributed by atoms with Crippen LogP contribution in [-0.4, -0.2) is 42.8 Å². The van der Waals surface area contributed by atoms with Gasteiger partial charge in [-0.15, -0.1) is 0 Å². The first-order valence-electron chi connectivity index (χ1n) is 11.1. The molecule has 1 aliphatic carbocycles. The number of nitrogens with zero attached hydrogens (tertiary/aromatic N) is 1. The zero-order chi connectivity index (χ0) is 23.8. The number of anilines is 1. The first kappa shape index (κ1) is 23.3. The van der Waals surface area contributed by atoms with Gasteiger partial charge >= 0.3 is 0 Å². The number of para-hydroxylation sites is 1. The molecule has 1 heterocycles. The molecule has 1 aliphatic heterocycles. The summed E-state index contributed by atoms with van der Waals surface area (Å²) in [4.78, 5) is 26.9. The van der Waals surface area contributed by atoms with Crippen LogP contribution in [0.3, 0.4) is 0 Å². The molecule has 2 aromatic rings. The van der Waals surface area contributed by atoms with E-state index in [1.807, 2.05) is 24.3 Å². The number of fused-ring (bicyclic) bond motifs is 1. The molecule has 1 fully saturated rings. The number of hydrogen-bond acceptors (Lipinski definition) is 6.